The van der Waals surface area contributed by atoms with Gasteiger partial charge in [0, 0.05) is 18.0 Å². The summed E-state index contributed by atoms with van der Waals surface area (Å²) in [5, 5.41) is 4.49. The van der Waals surface area contributed by atoms with E-state index in [0.717, 1.165) is 30.2 Å². The molecule has 4 nitrogen and oxygen atoms in total. The Morgan fingerprint density at radius 3 is 2.76 bits per heavy atom. The first kappa shape index (κ1) is 13.9. The molecule has 1 aromatic heterocycles. The van der Waals surface area contributed by atoms with Crippen LogP contribution in [0.3, 0.4) is 0 Å². The van der Waals surface area contributed by atoms with Crippen molar-refractivity contribution < 1.29 is 4.79 Å². The highest BCUT2D eigenvalue weighted by atomic mass is 16.2. The highest BCUT2D eigenvalue weighted by molar-refractivity contribution is 5.97. The standard InChI is InChI=1S/C17H20N2O2/c1-3-8-19-15(16(20)18-13-6-7-13)10-12-5-4-11(2)9-14(12)17(19)21/h4-5,9-10,13H,3,6-8H2,1-2H3,(H,18,20). The predicted molar refractivity (Wildman–Crippen MR) is 83.7 cm³/mol. The summed E-state index contributed by atoms with van der Waals surface area (Å²) in [6, 6.07) is 7.90. The Labute approximate surface area is 123 Å². The fraction of sp³-hybridized carbons (Fsp3) is 0.412. The van der Waals surface area contributed by atoms with Crippen LogP contribution in [0, 0.1) is 6.92 Å². The third-order valence-corrected chi connectivity index (χ3v) is 3.86. The number of nitrogens with one attached hydrogen (secondary N) is 1. The second-order valence-electron chi connectivity index (χ2n) is 5.82. The van der Waals surface area contributed by atoms with E-state index >= 15 is 0 Å². The van der Waals surface area contributed by atoms with Gasteiger partial charge in [-0.2, -0.15) is 0 Å². The van der Waals surface area contributed by atoms with E-state index in [2.05, 4.69) is 5.32 Å². The molecule has 110 valence electrons. The minimum atomic E-state index is -0.134. The van der Waals surface area contributed by atoms with Crippen LogP contribution < -0.4 is 10.9 Å². The van der Waals surface area contributed by atoms with E-state index < -0.39 is 0 Å². The fourth-order valence-corrected chi connectivity index (χ4v) is 2.58. The lowest BCUT2D eigenvalue weighted by molar-refractivity contribution is 0.0940. The zero-order valence-corrected chi connectivity index (χ0v) is 12.5. The van der Waals surface area contributed by atoms with Crippen LogP contribution in [0.2, 0.25) is 0 Å². The van der Waals surface area contributed by atoms with Crippen LogP contribution >= 0.6 is 0 Å². The normalized spacial score (nSPS) is 14.4. The van der Waals surface area contributed by atoms with E-state index in [4.69, 9.17) is 0 Å². The van der Waals surface area contributed by atoms with E-state index in [0.29, 0.717) is 17.6 Å². The molecule has 1 fully saturated rings. The lowest BCUT2D eigenvalue weighted by Crippen LogP contribution is -2.33. The number of benzene rings is 1. The quantitative estimate of drug-likeness (QED) is 0.938. The van der Waals surface area contributed by atoms with Crippen molar-refractivity contribution >= 4 is 16.7 Å². The fourth-order valence-electron chi connectivity index (χ4n) is 2.58. The molecule has 4 heteroatoms. The minimum Gasteiger partial charge on any atom is -0.348 e. The van der Waals surface area contributed by atoms with Crippen LogP contribution in [0.1, 0.15) is 42.2 Å². The van der Waals surface area contributed by atoms with E-state index in [1.807, 2.05) is 38.1 Å². The SMILES string of the molecule is CCCn1c(C(=O)NC2CC2)cc2ccc(C)cc2c1=O. The summed E-state index contributed by atoms with van der Waals surface area (Å²) < 4.78 is 1.61. The summed E-state index contributed by atoms with van der Waals surface area (Å²) in [6.07, 6.45) is 2.90. The number of pyridine rings is 1. The Kier molecular flexibility index (Phi) is 3.53. The summed E-state index contributed by atoms with van der Waals surface area (Å²) >= 11 is 0. The third kappa shape index (κ3) is 2.71. The zero-order valence-electron chi connectivity index (χ0n) is 12.5. The summed E-state index contributed by atoms with van der Waals surface area (Å²) in [4.78, 5) is 25.1. The van der Waals surface area contributed by atoms with Crippen LogP contribution in [0.15, 0.2) is 29.1 Å². The molecule has 2 aromatic rings. The highest BCUT2D eigenvalue weighted by Crippen LogP contribution is 2.20. The molecule has 21 heavy (non-hydrogen) atoms. The lowest BCUT2D eigenvalue weighted by atomic mass is 10.1. The molecule has 0 saturated heterocycles. The van der Waals surface area contributed by atoms with Crippen molar-refractivity contribution in [3.63, 3.8) is 0 Å². The van der Waals surface area contributed by atoms with Crippen molar-refractivity contribution in [2.75, 3.05) is 0 Å². The van der Waals surface area contributed by atoms with Crippen molar-refractivity contribution in [3.05, 3.63) is 45.9 Å². The molecule has 1 heterocycles. The van der Waals surface area contributed by atoms with Gasteiger partial charge in [-0.25, -0.2) is 0 Å². The Balaban J connectivity index is 2.16. The molecule has 1 aliphatic carbocycles. The first-order valence-electron chi connectivity index (χ1n) is 7.55. The van der Waals surface area contributed by atoms with Crippen molar-refractivity contribution in [3.8, 4) is 0 Å². The molecule has 0 aliphatic heterocycles. The van der Waals surface area contributed by atoms with Crippen LogP contribution in [0.5, 0.6) is 0 Å². The summed E-state index contributed by atoms with van der Waals surface area (Å²) in [5.74, 6) is -0.134. The van der Waals surface area contributed by atoms with Gasteiger partial charge >= 0.3 is 0 Å². The molecule has 0 unspecified atom stereocenters. The van der Waals surface area contributed by atoms with Crippen LogP contribution in [-0.4, -0.2) is 16.5 Å². The van der Waals surface area contributed by atoms with Crippen LogP contribution in [-0.2, 0) is 6.54 Å². The molecular formula is C17H20N2O2. The molecule has 1 aromatic carbocycles. The van der Waals surface area contributed by atoms with E-state index in [1.165, 1.54) is 0 Å². The molecule has 1 amide bonds. The number of carbonyl (C=O) groups excluding carboxylic acids is 1. The highest BCUT2D eigenvalue weighted by Gasteiger charge is 2.25. The molecule has 0 spiro atoms. The Bertz CT molecular complexity index is 757. The predicted octanol–water partition coefficient (Wildman–Crippen LogP) is 2.61. The molecule has 1 aliphatic rings. The number of aromatic nitrogens is 1. The topological polar surface area (TPSA) is 51.1 Å². The number of hydrogen-bond acceptors (Lipinski definition) is 2. The van der Waals surface area contributed by atoms with Gasteiger partial charge in [-0.1, -0.05) is 24.6 Å². The Morgan fingerprint density at radius 2 is 2.10 bits per heavy atom. The average molecular weight is 284 g/mol. The van der Waals surface area contributed by atoms with Gasteiger partial charge in [0.1, 0.15) is 5.69 Å². The number of fused-ring (bicyclic) bond motifs is 1. The van der Waals surface area contributed by atoms with Gasteiger partial charge in [-0.15, -0.1) is 0 Å². The van der Waals surface area contributed by atoms with E-state index in [1.54, 1.807) is 4.57 Å². The Hall–Kier alpha value is -2.10. The number of rotatable bonds is 4. The summed E-state index contributed by atoms with van der Waals surface area (Å²) in [7, 11) is 0. The molecule has 0 atom stereocenters. The van der Waals surface area contributed by atoms with Crippen LogP contribution in [0.4, 0.5) is 0 Å². The summed E-state index contributed by atoms with van der Waals surface area (Å²) in [6.45, 7) is 4.54. The molecule has 1 N–H and O–H groups in total. The van der Waals surface area contributed by atoms with Crippen molar-refractivity contribution in [2.45, 2.75) is 45.7 Å². The second-order valence-corrected chi connectivity index (χ2v) is 5.82. The van der Waals surface area contributed by atoms with Gasteiger partial charge < -0.3 is 9.88 Å². The number of aryl methyl sites for hydroxylation is 1. The molecule has 1 saturated carbocycles. The monoisotopic (exact) mass is 284 g/mol. The second kappa shape index (κ2) is 5.35. The smallest absolute Gasteiger partial charge is 0.268 e. The maximum atomic E-state index is 12.7. The average Bonchev–Trinajstić information content (AvgIpc) is 3.26. The van der Waals surface area contributed by atoms with Crippen molar-refractivity contribution in [2.24, 2.45) is 0 Å². The zero-order chi connectivity index (χ0) is 15.0. The summed E-state index contributed by atoms with van der Waals surface area (Å²) in [5.41, 5.74) is 1.46. The molecule has 3 rings (SSSR count). The van der Waals surface area contributed by atoms with Gasteiger partial charge in [-0.05, 0) is 43.7 Å². The number of amides is 1. The maximum Gasteiger partial charge on any atom is 0.268 e. The van der Waals surface area contributed by atoms with E-state index in [-0.39, 0.29) is 17.5 Å². The van der Waals surface area contributed by atoms with Gasteiger partial charge in [0.05, 0.1) is 0 Å². The first-order valence-corrected chi connectivity index (χ1v) is 7.55. The molecule has 0 radical (unpaired) electrons. The minimum absolute atomic E-state index is 0.0704. The van der Waals surface area contributed by atoms with Gasteiger partial charge in [0.15, 0.2) is 0 Å². The van der Waals surface area contributed by atoms with E-state index in [9.17, 15) is 9.59 Å². The molecular weight excluding hydrogens is 264 g/mol. The third-order valence-electron chi connectivity index (χ3n) is 3.86. The molecule has 0 bridgehead atoms. The number of hydrogen-bond donors (Lipinski definition) is 1. The van der Waals surface area contributed by atoms with Gasteiger partial charge in [-0.3, -0.25) is 9.59 Å². The van der Waals surface area contributed by atoms with Crippen LogP contribution in [0.25, 0.3) is 10.8 Å². The van der Waals surface area contributed by atoms with Gasteiger partial charge in [0.2, 0.25) is 0 Å². The first-order chi connectivity index (χ1) is 10.1. The number of carbonyl (C=O) groups is 1. The largest absolute Gasteiger partial charge is 0.348 e. The lowest BCUT2D eigenvalue weighted by Gasteiger charge is -2.14. The van der Waals surface area contributed by atoms with Gasteiger partial charge in [0.25, 0.3) is 11.5 Å². The maximum absolute atomic E-state index is 12.7. The van der Waals surface area contributed by atoms with Crippen molar-refractivity contribution in [1.29, 1.82) is 0 Å². The Morgan fingerprint density at radius 1 is 1.33 bits per heavy atom. The number of nitrogens with zero attached hydrogens (tertiary/aromatic N) is 1. The van der Waals surface area contributed by atoms with Crippen molar-refractivity contribution in [1.82, 2.24) is 9.88 Å².